The number of hydrogen-bond acceptors (Lipinski definition) is 4. The van der Waals surface area contributed by atoms with Gasteiger partial charge in [0.15, 0.2) is 0 Å². The summed E-state index contributed by atoms with van der Waals surface area (Å²) in [4.78, 5) is 39.6. The molecule has 1 saturated heterocycles. The zero-order chi connectivity index (χ0) is 21.8. The molecule has 2 aromatic rings. The predicted molar refractivity (Wildman–Crippen MR) is 117 cm³/mol. The first-order valence-electron chi connectivity index (χ1n) is 10.8. The Morgan fingerprint density at radius 3 is 2.23 bits per heavy atom. The lowest BCUT2D eigenvalue weighted by atomic mass is 9.90. The largest absolute Gasteiger partial charge is 0.457 e. The molecule has 2 aromatic carbocycles. The van der Waals surface area contributed by atoms with Crippen molar-refractivity contribution < 1.29 is 19.1 Å². The van der Waals surface area contributed by atoms with Crippen molar-refractivity contribution in [2.24, 2.45) is 0 Å². The number of benzene rings is 2. The average Bonchev–Trinajstić information content (AvgIpc) is 2.91. The van der Waals surface area contributed by atoms with Gasteiger partial charge in [0.05, 0.1) is 0 Å². The molecule has 31 heavy (non-hydrogen) atoms. The van der Waals surface area contributed by atoms with E-state index in [9.17, 15) is 14.4 Å². The topological polar surface area (TPSA) is 87.7 Å². The molecule has 4 rings (SSSR count). The van der Waals surface area contributed by atoms with E-state index in [2.05, 4.69) is 10.6 Å². The van der Waals surface area contributed by atoms with E-state index in [-0.39, 0.29) is 5.91 Å². The summed E-state index contributed by atoms with van der Waals surface area (Å²) in [7, 11) is 0. The third kappa shape index (κ3) is 4.40. The highest BCUT2D eigenvalue weighted by atomic mass is 16.5. The van der Waals surface area contributed by atoms with Crippen molar-refractivity contribution in [3.63, 3.8) is 0 Å². The van der Waals surface area contributed by atoms with Gasteiger partial charge in [0.2, 0.25) is 5.91 Å². The third-order valence-corrected chi connectivity index (χ3v) is 6.02. The highest BCUT2D eigenvalue weighted by Gasteiger charge is 2.53. The number of anilines is 1. The molecular formula is C24H27N3O4. The highest BCUT2D eigenvalue weighted by molar-refractivity contribution is 6.11. The predicted octanol–water partition coefficient (Wildman–Crippen LogP) is 4.45. The fourth-order valence-corrected chi connectivity index (χ4v) is 4.26. The Morgan fingerprint density at radius 2 is 1.58 bits per heavy atom. The van der Waals surface area contributed by atoms with Crippen LogP contribution >= 0.6 is 0 Å². The van der Waals surface area contributed by atoms with Gasteiger partial charge in [-0.05, 0) is 56.2 Å². The number of rotatable bonds is 5. The minimum atomic E-state index is -0.907. The van der Waals surface area contributed by atoms with Gasteiger partial charge in [0, 0.05) is 5.69 Å². The molecule has 0 unspecified atom stereocenters. The van der Waals surface area contributed by atoms with E-state index in [0.29, 0.717) is 24.3 Å². The average molecular weight is 421 g/mol. The Kier molecular flexibility index (Phi) is 5.93. The molecule has 0 aromatic heterocycles. The van der Waals surface area contributed by atoms with Gasteiger partial charge in [-0.2, -0.15) is 0 Å². The summed E-state index contributed by atoms with van der Waals surface area (Å²) in [5, 5.41) is 5.67. The van der Waals surface area contributed by atoms with Crippen molar-refractivity contribution >= 4 is 23.5 Å². The number of hydrogen-bond donors (Lipinski definition) is 2. The Hall–Kier alpha value is -3.35. The lowest BCUT2D eigenvalue weighted by Crippen LogP contribution is -2.49. The standard InChI is InChI=1S/C24H27N3O4/c1-17(27-22(29)24(26-23(27)30)15-7-2-3-8-16-24)21(28)25-18-11-13-20(14-12-18)31-19-9-5-4-6-10-19/h4-6,9-14,17H,2-3,7-8,15-16H2,1H3,(H,25,28)(H,26,30)/t17-/m0/s1. The Labute approximate surface area is 181 Å². The molecule has 1 atom stereocenters. The number of carbonyl (C=O) groups is 3. The zero-order valence-electron chi connectivity index (χ0n) is 17.6. The van der Waals surface area contributed by atoms with Crippen LogP contribution in [0.5, 0.6) is 11.5 Å². The minimum absolute atomic E-state index is 0.284. The number of imide groups is 1. The van der Waals surface area contributed by atoms with Crippen molar-refractivity contribution in [1.82, 2.24) is 10.2 Å². The molecule has 7 nitrogen and oxygen atoms in total. The molecule has 1 aliphatic heterocycles. The fourth-order valence-electron chi connectivity index (χ4n) is 4.26. The number of nitrogens with zero attached hydrogens (tertiary/aromatic N) is 1. The molecule has 162 valence electrons. The normalized spacial score (nSPS) is 18.9. The first kappa shape index (κ1) is 20.9. The molecule has 1 saturated carbocycles. The Bertz CT molecular complexity index is 951. The van der Waals surface area contributed by atoms with Gasteiger partial charge in [0.25, 0.3) is 5.91 Å². The molecule has 0 radical (unpaired) electrons. The van der Waals surface area contributed by atoms with E-state index in [4.69, 9.17) is 4.74 Å². The van der Waals surface area contributed by atoms with Crippen molar-refractivity contribution in [2.45, 2.75) is 57.0 Å². The van der Waals surface area contributed by atoms with Crippen LogP contribution in [0, 0.1) is 0 Å². The SMILES string of the molecule is C[C@@H](C(=O)Nc1ccc(Oc2ccccc2)cc1)N1C(=O)NC2(CCCCCC2)C1=O. The van der Waals surface area contributed by atoms with Gasteiger partial charge in [0.1, 0.15) is 23.1 Å². The second-order valence-corrected chi connectivity index (χ2v) is 8.21. The molecular weight excluding hydrogens is 394 g/mol. The van der Waals surface area contributed by atoms with Gasteiger partial charge in [-0.1, -0.05) is 43.9 Å². The highest BCUT2D eigenvalue weighted by Crippen LogP contribution is 2.33. The van der Waals surface area contributed by atoms with E-state index in [1.165, 1.54) is 0 Å². The summed E-state index contributed by atoms with van der Waals surface area (Å²) in [6.07, 6.45) is 5.18. The summed E-state index contributed by atoms with van der Waals surface area (Å²) >= 11 is 0. The van der Waals surface area contributed by atoms with Crippen LogP contribution in [-0.4, -0.2) is 34.3 Å². The maximum absolute atomic E-state index is 13.1. The number of urea groups is 1. The summed E-state index contributed by atoms with van der Waals surface area (Å²) < 4.78 is 5.75. The smallest absolute Gasteiger partial charge is 0.325 e. The number of carbonyl (C=O) groups excluding carboxylic acids is 3. The number of amides is 4. The van der Waals surface area contributed by atoms with Crippen LogP contribution in [0.15, 0.2) is 54.6 Å². The summed E-state index contributed by atoms with van der Waals surface area (Å²) in [5.41, 5.74) is -0.285. The quantitative estimate of drug-likeness (QED) is 0.698. The first-order chi connectivity index (χ1) is 15.0. The van der Waals surface area contributed by atoms with Gasteiger partial charge >= 0.3 is 6.03 Å². The van der Waals surface area contributed by atoms with Gasteiger partial charge in [-0.15, -0.1) is 0 Å². The second kappa shape index (κ2) is 8.79. The van der Waals surface area contributed by atoms with Crippen molar-refractivity contribution in [3.05, 3.63) is 54.6 Å². The van der Waals surface area contributed by atoms with Crippen LogP contribution in [0.25, 0.3) is 0 Å². The zero-order valence-corrected chi connectivity index (χ0v) is 17.6. The summed E-state index contributed by atoms with van der Waals surface area (Å²) in [6.45, 7) is 1.58. The van der Waals surface area contributed by atoms with E-state index in [1.54, 1.807) is 31.2 Å². The molecule has 1 spiro atoms. The van der Waals surface area contributed by atoms with Crippen LogP contribution in [0.4, 0.5) is 10.5 Å². The lowest BCUT2D eigenvalue weighted by molar-refractivity contribution is -0.136. The maximum Gasteiger partial charge on any atom is 0.325 e. The Morgan fingerprint density at radius 1 is 0.968 bits per heavy atom. The molecule has 0 bridgehead atoms. The van der Waals surface area contributed by atoms with E-state index >= 15 is 0 Å². The van der Waals surface area contributed by atoms with Crippen LogP contribution in [0.2, 0.25) is 0 Å². The molecule has 7 heteroatoms. The minimum Gasteiger partial charge on any atom is -0.457 e. The Balaban J connectivity index is 1.40. The van der Waals surface area contributed by atoms with E-state index in [1.807, 2.05) is 30.3 Å². The molecule has 2 fully saturated rings. The van der Waals surface area contributed by atoms with Crippen molar-refractivity contribution in [3.8, 4) is 11.5 Å². The molecule has 1 heterocycles. The van der Waals surface area contributed by atoms with Gasteiger partial charge < -0.3 is 15.4 Å². The number of nitrogens with one attached hydrogen (secondary N) is 2. The third-order valence-electron chi connectivity index (χ3n) is 6.02. The van der Waals surface area contributed by atoms with Crippen LogP contribution < -0.4 is 15.4 Å². The van der Waals surface area contributed by atoms with E-state index in [0.717, 1.165) is 36.3 Å². The van der Waals surface area contributed by atoms with Gasteiger partial charge in [-0.25, -0.2) is 9.69 Å². The summed E-state index contributed by atoms with van der Waals surface area (Å²) in [6, 6.07) is 15.0. The second-order valence-electron chi connectivity index (χ2n) is 8.21. The monoisotopic (exact) mass is 421 g/mol. The molecule has 1 aliphatic carbocycles. The lowest BCUT2D eigenvalue weighted by Gasteiger charge is -2.26. The number of para-hydroxylation sites is 1. The summed E-state index contributed by atoms with van der Waals surface area (Å²) in [5.74, 6) is 0.667. The molecule has 2 aliphatic rings. The maximum atomic E-state index is 13.1. The van der Waals surface area contributed by atoms with Crippen LogP contribution in [0.1, 0.15) is 45.4 Å². The van der Waals surface area contributed by atoms with Crippen molar-refractivity contribution in [1.29, 1.82) is 0 Å². The molecule has 4 amide bonds. The van der Waals surface area contributed by atoms with Crippen LogP contribution in [-0.2, 0) is 9.59 Å². The van der Waals surface area contributed by atoms with Gasteiger partial charge in [-0.3, -0.25) is 9.59 Å². The first-order valence-corrected chi connectivity index (χ1v) is 10.8. The van der Waals surface area contributed by atoms with Crippen LogP contribution in [0.3, 0.4) is 0 Å². The number of ether oxygens (including phenoxy) is 1. The van der Waals surface area contributed by atoms with E-state index < -0.39 is 23.5 Å². The molecule has 2 N–H and O–H groups in total. The fraction of sp³-hybridized carbons (Fsp3) is 0.375. The van der Waals surface area contributed by atoms with Crippen molar-refractivity contribution in [2.75, 3.05) is 5.32 Å².